The van der Waals surface area contributed by atoms with Gasteiger partial charge in [0.15, 0.2) is 0 Å². The molecule has 0 radical (unpaired) electrons. The lowest BCUT2D eigenvalue weighted by Gasteiger charge is -2.21. The molecule has 3 heteroatoms. The van der Waals surface area contributed by atoms with E-state index >= 15 is 0 Å². The molecule has 0 aliphatic carbocycles. The smallest absolute Gasteiger partial charge is 0.220 e. The van der Waals surface area contributed by atoms with Gasteiger partial charge >= 0.3 is 0 Å². The molecule has 1 unspecified atom stereocenters. The highest BCUT2D eigenvalue weighted by Crippen LogP contribution is 2.09. The number of carbonyl (C=O) groups is 1. The predicted molar refractivity (Wildman–Crippen MR) is 84.6 cm³/mol. The van der Waals surface area contributed by atoms with Crippen LogP contribution < -0.4 is 5.32 Å². The van der Waals surface area contributed by atoms with Crippen LogP contribution in [0.15, 0.2) is 30.3 Å². The van der Waals surface area contributed by atoms with E-state index in [0.717, 1.165) is 24.6 Å². The van der Waals surface area contributed by atoms with Gasteiger partial charge < -0.3 is 5.32 Å². The van der Waals surface area contributed by atoms with E-state index in [9.17, 15) is 4.79 Å². The number of halogens is 1. The maximum absolute atomic E-state index is 11.9. The molecule has 0 heterocycles. The number of benzene rings is 1. The number of nitrogens with one attached hydrogen (secondary N) is 1. The van der Waals surface area contributed by atoms with Crippen molar-refractivity contribution in [2.45, 2.75) is 45.6 Å². The maximum atomic E-state index is 11.9. The van der Waals surface area contributed by atoms with Gasteiger partial charge in [-0.05, 0) is 30.7 Å². The van der Waals surface area contributed by atoms with Crippen LogP contribution in [0.4, 0.5) is 0 Å². The zero-order chi connectivity index (χ0) is 14.1. The van der Waals surface area contributed by atoms with Crippen molar-refractivity contribution < 1.29 is 4.79 Å². The molecule has 0 saturated heterocycles. The van der Waals surface area contributed by atoms with Crippen molar-refractivity contribution in [3.8, 4) is 0 Å². The van der Waals surface area contributed by atoms with Crippen molar-refractivity contribution in [3.63, 3.8) is 0 Å². The molecule has 0 spiro atoms. The quantitative estimate of drug-likeness (QED) is 0.721. The summed E-state index contributed by atoms with van der Waals surface area (Å²) in [5.74, 6) is 0.659. The zero-order valence-electron chi connectivity index (χ0n) is 11.9. The van der Waals surface area contributed by atoms with Crippen molar-refractivity contribution in [3.05, 3.63) is 35.9 Å². The summed E-state index contributed by atoms with van der Waals surface area (Å²) in [4.78, 5) is 11.9. The fourth-order valence-electron chi connectivity index (χ4n) is 2.07. The molecule has 19 heavy (non-hydrogen) atoms. The Labute approximate surface area is 125 Å². The van der Waals surface area contributed by atoms with Crippen LogP contribution >= 0.6 is 15.9 Å². The molecule has 1 amide bonds. The molecule has 1 N–H and O–H groups in total. The Morgan fingerprint density at radius 3 is 2.53 bits per heavy atom. The van der Waals surface area contributed by atoms with E-state index in [1.54, 1.807) is 0 Å². The lowest BCUT2D eigenvalue weighted by atomic mass is 10.0. The minimum absolute atomic E-state index is 0.176. The van der Waals surface area contributed by atoms with Crippen molar-refractivity contribution in [1.29, 1.82) is 0 Å². The Kier molecular flexibility index (Phi) is 7.80. The van der Waals surface area contributed by atoms with Gasteiger partial charge in [0.2, 0.25) is 5.91 Å². The fraction of sp³-hybridized carbons (Fsp3) is 0.562. The first-order valence-corrected chi connectivity index (χ1v) is 8.15. The second kappa shape index (κ2) is 9.13. The topological polar surface area (TPSA) is 29.1 Å². The van der Waals surface area contributed by atoms with E-state index in [4.69, 9.17) is 0 Å². The molecule has 0 aromatic heterocycles. The third kappa shape index (κ3) is 6.76. The Bertz CT molecular complexity index is 364. The van der Waals surface area contributed by atoms with Gasteiger partial charge in [-0.1, -0.05) is 60.1 Å². The SMILES string of the molecule is CC(C)C(CCBr)NC(=O)CCCc1ccccc1. The van der Waals surface area contributed by atoms with Crippen molar-refractivity contribution in [2.75, 3.05) is 5.33 Å². The highest BCUT2D eigenvalue weighted by Gasteiger charge is 2.14. The van der Waals surface area contributed by atoms with Gasteiger partial charge in [-0.25, -0.2) is 0 Å². The van der Waals surface area contributed by atoms with Gasteiger partial charge in [0, 0.05) is 17.8 Å². The number of carbonyl (C=O) groups excluding carboxylic acids is 1. The highest BCUT2D eigenvalue weighted by molar-refractivity contribution is 9.09. The number of hydrogen-bond acceptors (Lipinski definition) is 1. The molecule has 106 valence electrons. The standard InChI is InChI=1S/C16H24BrNO/c1-13(2)15(11-12-17)18-16(19)10-6-9-14-7-4-3-5-8-14/h3-5,7-8,13,15H,6,9-12H2,1-2H3,(H,18,19). The van der Waals surface area contributed by atoms with Crippen LogP contribution in [0, 0.1) is 5.92 Å². The number of aryl methyl sites for hydroxylation is 1. The predicted octanol–water partition coefficient (Wildman–Crippen LogP) is 3.94. The van der Waals surface area contributed by atoms with Gasteiger partial charge in [-0.3, -0.25) is 4.79 Å². The Balaban J connectivity index is 2.27. The van der Waals surface area contributed by atoms with Gasteiger partial charge in [0.05, 0.1) is 0 Å². The molecule has 1 aromatic carbocycles. The summed E-state index contributed by atoms with van der Waals surface area (Å²) in [6, 6.07) is 10.6. The van der Waals surface area contributed by atoms with Crippen LogP contribution in [0.2, 0.25) is 0 Å². The first kappa shape index (κ1) is 16.2. The van der Waals surface area contributed by atoms with Crippen molar-refractivity contribution in [2.24, 2.45) is 5.92 Å². The van der Waals surface area contributed by atoms with Crippen LogP contribution in [0.5, 0.6) is 0 Å². The van der Waals surface area contributed by atoms with E-state index in [2.05, 4.69) is 47.2 Å². The lowest BCUT2D eigenvalue weighted by Crippen LogP contribution is -2.38. The van der Waals surface area contributed by atoms with Crippen LogP contribution in [-0.2, 0) is 11.2 Å². The molecule has 1 rings (SSSR count). The largest absolute Gasteiger partial charge is 0.353 e. The molecule has 0 bridgehead atoms. The van der Waals surface area contributed by atoms with E-state index in [1.165, 1.54) is 5.56 Å². The van der Waals surface area contributed by atoms with Crippen LogP contribution in [0.25, 0.3) is 0 Å². The second-order valence-electron chi connectivity index (χ2n) is 5.23. The summed E-state index contributed by atoms with van der Waals surface area (Å²) in [7, 11) is 0. The van der Waals surface area contributed by atoms with E-state index in [-0.39, 0.29) is 11.9 Å². The van der Waals surface area contributed by atoms with E-state index in [1.807, 2.05) is 18.2 Å². The molecule has 0 aliphatic heterocycles. The molecule has 0 saturated carbocycles. The van der Waals surface area contributed by atoms with Gasteiger partial charge in [-0.15, -0.1) is 0 Å². The third-order valence-electron chi connectivity index (χ3n) is 3.28. The third-order valence-corrected chi connectivity index (χ3v) is 3.74. The molecular formula is C16H24BrNO. The Hall–Kier alpha value is -0.830. The summed E-state index contributed by atoms with van der Waals surface area (Å²) < 4.78 is 0. The summed E-state index contributed by atoms with van der Waals surface area (Å²) in [5.41, 5.74) is 1.30. The molecule has 1 atom stereocenters. The fourth-order valence-corrected chi connectivity index (χ4v) is 2.56. The molecule has 0 aliphatic rings. The average Bonchev–Trinajstić information content (AvgIpc) is 2.39. The summed E-state index contributed by atoms with van der Waals surface area (Å²) in [6.45, 7) is 4.30. The number of rotatable bonds is 8. The first-order valence-electron chi connectivity index (χ1n) is 7.02. The van der Waals surface area contributed by atoms with Crippen LogP contribution in [-0.4, -0.2) is 17.3 Å². The lowest BCUT2D eigenvalue weighted by molar-refractivity contribution is -0.122. The zero-order valence-corrected chi connectivity index (χ0v) is 13.4. The number of alkyl halides is 1. The minimum atomic E-state index is 0.176. The normalized spacial score (nSPS) is 12.4. The van der Waals surface area contributed by atoms with Gasteiger partial charge in [-0.2, -0.15) is 0 Å². The van der Waals surface area contributed by atoms with Crippen molar-refractivity contribution in [1.82, 2.24) is 5.32 Å². The van der Waals surface area contributed by atoms with Gasteiger partial charge in [0.1, 0.15) is 0 Å². The van der Waals surface area contributed by atoms with Gasteiger partial charge in [0.25, 0.3) is 0 Å². The highest BCUT2D eigenvalue weighted by atomic mass is 79.9. The summed E-state index contributed by atoms with van der Waals surface area (Å²) in [6.07, 6.45) is 3.48. The van der Waals surface area contributed by atoms with Crippen LogP contribution in [0.1, 0.15) is 38.7 Å². The molecular weight excluding hydrogens is 302 g/mol. The Morgan fingerprint density at radius 2 is 1.95 bits per heavy atom. The molecule has 2 nitrogen and oxygen atoms in total. The minimum Gasteiger partial charge on any atom is -0.353 e. The van der Waals surface area contributed by atoms with E-state index in [0.29, 0.717) is 12.3 Å². The monoisotopic (exact) mass is 325 g/mol. The number of amides is 1. The van der Waals surface area contributed by atoms with Crippen molar-refractivity contribution >= 4 is 21.8 Å². The Morgan fingerprint density at radius 1 is 1.26 bits per heavy atom. The second-order valence-corrected chi connectivity index (χ2v) is 6.03. The molecule has 1 aromatic rings. The number of hydrogen-bond donors (Lipinski definition) is 1. The maximum Gasteiger partial charge on any atom is 0.220 e. The first-order chi connectivity index (χ1) is 9.13. The van der Waals surface area contributed by atoms with E-state index < -0.39 is 0 Å². The van der Waals surface area contributed by atoms with Crippen LogP contribution in [0.3, 0.4) is 0 Å². The average molecular weight is 326 g/mol. The summed E-state index contributed by atoms with van der Waals surface area (Å²) >= 11 is 3.44. The molecule has 0 fully saturated rings. The summed E-state index contributed by atoms with van der Waals surface area (Å²) in [5, 5.41) is 4.07.